The van der Waals surface area contributed by atoms with E-state index in [1.807, 2.05) is 0 Å². The third kappa shape index (κ3) is 1.96. The van der Waals surface area contributed by atoms with Gasteiger partial charge in [-0.05, 0) is 13.0 Å². The van der Waals surface area contributed by atoms with Gasteiger partial charge in [-0.3, -0.25) is 4.98 Å². The molecule has 1 heterocycles. The van der Waals surface area contributed by atoms with Crippen molar-refractivity contribution in [2.75, 3.05) is 19.0 Å². The minimum atomic E-state index is -0.922. The van der Waals surface area contributed by atoms with Crippen molar-refractivity contribution in [2.24, 2.45) is 0 Å². The van der Waals surface area contributed by atoms with Crippen LogP contribution < -0.4 is 4.90 Å². The molecule has 1 rings (SSSR count). The highest BCUT2D eigenvalue weighted by Gasteiger charge is 2.11. The van der Waals surface area contributed by atoms with Crippen molar-refractivity contribution in [1.29, 1.82) is 0 Å². The molecule has 1 aromatic rings. The Kier molecular flexibility index (Phi) is 2.51. The highest BCUT2D eigenvalue weighted by atomic mass is 16.4. The fourth-order valence-corrected chi connectivity index (χ4v) is 1.08. The van der Waals surface area contributed by atoms with Gasteiger partial charge in [0.15, 0.2) is 0 Å². The van der Waals surface area contributed by atoms with E-state index in [9.17, 15) is 4.79 Å². The SMILES string of the molecule is Cc1cc(C(=O)O)c(N(C)C)cn1. The Morgan fingerprint density at radius 3 is 2.62 bits per heavy atom. The van der Waals surface area contributed by atoms with Gasteiger partial charge < -0.3 is 10.0 Å². The molecule has 1 aromatic heterocycles. The van der Waals surface area contributed by atoms with Gasteiger partial charge in [0.25, 0.3) is 0 Å². The van der Waals surface area contributed by atoms with Gasteiger partial charge >= 0.3 is 5.97 Å². The molecule has 0 saturated carbocycles. The van der Waals surface area contributed by atoms with E-state index in [-0.39, 0.29) is 5.56 Å². The first kappa shape index (κ1) is 9.51. The first-order valence-electron chi connectivity index (χ1n) is 3.89. The molecule has 0 aliphatic rings. The summed E-state index contributed by atoms with van der Waals surface area (Å²) in [5, 5.41) is 8.88. The number of carbonyl (C=O) groups is 1. The predicted octanol–water partition coefficient (Wildman–Crippen LogP) is 1.15. The zero-order valence-corrected chi connectivity index (χ0v) is 7.90. The molecule has 0 aliphatic heterocycles. The van der Waals surface area contributed by atoms with E-state index in [1.54, 1.807) is 38.2 Å². The van der Waals surface area contributed by atoms with Crippen molar-refractivity contribution in [3.05, 3.63) is 23.5 Å². The third-order valence-corrected chi connectivity index (χ3v) is 1.73. The van der Waals surface area contributed by atoms with Crippen molar-refractivity contribution in [3.63, 3.8) is 0 Å². The van der Waals surface area contributed by atoms with Crippen LogP contribution in [0.25, 0.3) is 0 Å². The van der Waals surface area contributed by atoms with E-state index in [2.05, 4.69) is 4.98 Å². The largest absolute Gasteiger partial charge is 0.478 e. The smallest absolute Gasteiger partial charge is 0.337 e. The Morgan fingerprint density at radius 2 is 2.15 bits per heavy atom. The lowest BCUT2D eigenvalue weighted by Crippen LogP contribution is -2.14. The van der Waals surface area contributed by atoms with Crippen LogP contribution in [-0.2, 0) is 0 Å². The average Bonchev–Trinajstić information content (AvgIpc) is 2.03. The number of carboxylic acids is 1. The second-order valence-electron chi connectivity index (χ2n) is 3.04. The van der Waals surface area contributed by atoms with Gasteiger partial charge in [-0.2, -0.15) is 0 Å². The number of rotatable bonds is 2. The number of aryl methyl sites for hydroxylation is 1. The third-order valence-electron chi connectivity index (χ3n) is 1.73. The van der Waals surface area contributed by atoms with Crippen molar-refractivity contribution >= 4 is 11.7 Å². The van der Waals surface area contributed by atoms with E-state index in [4.69, 9.17) is 5.11 Å². The summed E-state index contributed by atoms with van der Waals surface area (Å²) < 4.78 is 0. The molecule has 0 atom stereocenters. The summed E-state index contributed by atoms with van der Waals surface area (Å²) in [6.07, 6.45) is 1.57. The maximum atomic E-state index is 10.8. The first-order chi connectivity index (χ1) is 6.02. The molecule has 0 aromatic carbocycles. The maximum Gasteiger partial charge on any atom is 0.337 e. The molecule has 0 saturated heterocycles. The summed E-state index contributed by atoms with van der Waals surface area (Å²) in [5.41, 5.74) is 1.62. The highest BCUT2D eigenvalue weighted by molar-refractivity contribution is 5.94. The molecule has 0 amide bonds. The second-order valence-corrected chi connectivity index (χ2v) is 3.04. The Balaban J connectivity index is 3.27. The van der Waals surface area contributed by atoms with Gasteiger partial charge in [0.2, 0.25) is 0 Å². The van der Waals surface area contributed by atoms with Crippen LogP contribution in [0.3, 0.4) is 0 Å². The average molecular weight is 180 g/mol. The van der Waals surface area contributed by atoms with E-state index in [0.29, 0.717) is 11.4 Å². The number of pyridine rings is 1. The fraction of sp³-hybridized carbons (Fsp3) is 0.333. The van der Waals surface area contributed by atoms with Crippen molar-refractivity contribution in [3.8, 4) is 0 Å². The van der Waals surface area contributed by atoms with Crippen molar-refractivity contribution in [1.82, 2.24) is 4.98 Å². The van der Waals surface area contributed by atoms with Crippen LogP contribution >= 0.6 is 0 Å². The molecular weight excluding hydrogens is 168 g/mol. The van der Waals surface area contributed by atoms with Gasteiger partial charge in [-0.15, -0.1) is 0 Å². The molecule has 0 spiro atoms. The molecule has 1 N–H and O–H groups in total. The minimum absolute atomic E-state index is 0.289. The number of anilines is 1. The maximum absolute atomic E-state index is 10.8. The van der Waals surface area contributed by atoms with Crippen LogP contribution in [0.1, 0.15) is 16.1 Å². The fourth-order valence-electron chi connectivity index (χ4n) is 1.08. The van der Waals surface area contributed by atoms with Gasteiger partial charge in [-0.25, -0.2) is 4.79 Å². The van der Waals surface area contributed by atoms with Gasteiger partial charge in [0.05, 0.1) is 17.4 Å². The summed E-state index contributed by atoms with van der Waals surface area (Å²) in [4.78, 5) is 16.6. The van der Waals surface area contributed by atoms with Crippen LogP contribution in [0.5, 0.6) is 0 Å². The van der Waals surface area contributed by atoms with E-state index in [0.717, 1.165) is 0 Å². The van der Waals surface area contributed by atoms with Crippen LogP contribution in [0.4, 0.5) is 5.69 Å². The number of hydrogen-bond acceptors (Lipinski definition) is 3. The van der Waals surface area contributed by atoms with Crippen LogP contribution in [0.2, 0.25) is 0 Å². The summed E-state index contributed by atoms with van der Waals surface area (Å²) >= 11 is 0. The van der Waals surface area contributed by atoms with Crippen LogP contribution in [0, 0.1) is 6.92 Å². The number of aromatic carboxylic acids is 1. The number of hydrogen-bond donors (Lipinski definition) is 1. The summed E-state index contributed by atoms with van der Waals surface area (Å²) in [6.45, 7) is 1.77. The van der Waals surface area contributed by atoms with E-state index < -0.39 is 5.97 Å². The lowest BCUT2D eigenvalue weighted by Gasteiger charge is -2.14. The van der Waals surface area contributed by atoms with Gasteiger partial charge in [0, 0.05) is 19.8 Å². The Labute approximate surface area is 76.8 Å². The number of aromatic nitrogens is 1. The summed E-state index contributed by atoms with van der Waals surface area (Å²) in [5.74, 6) is -0.922. The standard InChI is InChI=1S/C9H12N2O2/c1-6-4-7(9(12)13)8(5-10-6)11(2)3/h4-5H,1-3H3,(H,12,13). The zero-order valence-electron chi connectivity index (χ0n) is 7.90. The summed E-state index contributed by atoms with van der Waals surface area (Å²) in [7, 11) is 3.58. The first-order valence-corrected chi connectivity index (χ1v) is 3.89. The van der Waals surface area contributed by atoms with Crippen molar-refractivity contribution < 1.29 is 9.90 Å². The number of nitrogens with zero attached hydrogens (tertiary/aromatic N) is 2. The molecule has 0 fully saturated rings. The monoisotopic (exact) mass is 180 g/mol. The molecule has 13 heavy (non-hydrogen) atoms. The normalized spacial score (nSPS) is 9.77. The highest BCUT2D eigenvalue weighted by Crippen LogP contribution is 2.17. The topological polar surface area (TPSA) is 53.4 Å². The lowest BCUT2D eigenvalue weighted by atomic mass is 10.2. The predicted molar refractivity (Wildman–Crippen MR) is 50.3 cm³/mol. The van der Waals surface area contributed by atoms with Gasteiger partial charge in [0.1, 0.15) is 0 Å². The van der Waals surface area contributed by atoms with Gasteiger partial charge in [-0.1, -0.05) is 0 Å². The Morgan fingerprint density at radius 1 is 1.54 bits per heavy atom. The summed E-state index contributed by atoms with van der Waals surface area (Å²) in [6, 6.07) is 1.57. The Hall–Kier alpha value is -1.58. The van der Waals surface area contributed by atoms with Crippen molar-refractivity contribution in [2.45, 2.75) is 6.92 Å². The Bertz CT molecular complexity index is 334. The van der Waals surface area contributed by atoms with Crippen LogP contribution in [0.15, 0.2) is 12.3 Å². The molecule has 4 heteroatoms. The quantitative estimate of drug-likeness (QED) is 0.741. The van der Waals surface area contributed by atoms with E-state index in [1.165, 1.54) is 0 Å². The zero-order chi connectivity index (χ0) is 10.0. The molecule has 0 radical (unpaired) electrons. The second kappa shape index (κ2) is 3.43. The molecule has 0 aliphatic carbocycles. The van der Waals surface area contributed by atoms with E-state index >= 15 is 0 Å². The molecule has 0 unspecified atom stereocenters. The molecule has 0 bridgehead atoms. The molecular formula is C9H12N2O2. The number of carboxylic acid groups (broad SMARTS) is 1. The van der Waals surface area contributed by atoms with Crippen LogP contribution in [-0.4, -0.2) is 30.2 Å². The molecule has 4 nitrogen and oxygen atoms in total. The minimum Gasteiger partial charge on any atom is -0.478 e. The molecule has 70 valence electrons. The lowest BCUT2D eigenvalue weighted by molar-refractivity contribution is 0.0697.